The smallest absolute Gasteiger partial charge is 0.0998 e. The Morgan fingerprint density at radius 1 is 0.818 bits per heavy atom. The van der Waals surface area contributed by atoms with Crippen LogP contribution in [0.15, 0.2) is 66.7 Å². The molecule has 0 saturated heterocycles. The van der Waals surface area contributed by atoms with Gasteiger partial charge in [0.25, 0.3) is 0 Å². The van der Waals surface area contributed by atoms with Crippen molar-refractivity contribution >= 4 is 21.8 Å². The Hall–Kier alpha value is -3.05. The van der Waals surface area contributed by atoms with Gasteiger partial charge in [-0.2, -0.15) is 5.26 Å². The van der Waals surface area contributed by atoms with Gasteiger partial charge >= 0.3 is 0 Å². The zero-order chi connectivity index (χ0) is 15.1. The van der Waals surface area contributed by atoms with Crippen molar-refractivity contribution < 1.29 is 0 Å². The SMILES string of the molecule is Cn1c2ccccc2c2cc(-c3ccccc3C#N)ccc21. The summed E-state index contributed by atoms with van der Waals surface area (Å²) in [6.45, 7) is 0. The van der Waals surface area contributed by atoms with Crippen LogP contribution >= 0.6 is 0 Å². The molecule has 0 saturated carbocycles. The number of rotatable bonds is 1. The lowest BCUT2D eigenvalue weighted by Gasteiger charge is -2.05. The van der Waals surface area contributed by atoms with Crippen molar-refractivity contribution in [1.82, 2.24) is 4.57 Å². The van der Waals surface area contributed by atoms with Crippen LogP contribution in [0.2, 0.25) is 0 Å². The van der Waals surface area contributed by atoms with E-state index in [4.69, 9.17) is 0 Å². The lowest BCUT2D eigenvalue weighted by molar-refractivity contribution is 1.01. The lowest BCUT2D eigenvalue weighted by atomic mass is 9.98. The molecule has 0 bridgehead atoms. The highest BCUT2D eigenvalue weighted by atomic mass is 14.9. The van der Waals surface area contributed by atoms with Crippen LogP contribution in [0.1, 0.15) is 5.56 Å². The van der Waals surface area contributed by atoms with Gasteiger partial charge < -0.3 is 4.57 Å². The Labute approximate surface area is 128 Å². The van der Waals surface area contributed by atoms with E-state index in [0.717, 1.165) is 11.1 Å². The number of hydrogen-bond donors (Lipinski definition) is 0. The molecule has 0 N–H and O–H groups in total. The van der Waals surface area contributed by atoms with Gasteiger partial charge in [-0.25, -0.2) is 0 Å². The Bertz CT molecular complexity index is 1050. The summed E-state index contributed by atoms with van der Waals surface area (Å²) < 4.78 is 2.21. The van der Waals surface area contributed by atoms with Gasteiger partial charge in [-0.3, -0.25) is 0 Å². The lowest BCUT2D eigenvalue weighted by Crippen LogP contribution is -1.87. The maximum atomic E-state index is 9.31. The van der Waals surface area contributed by atoms with Crippen LogP contribution in [0.25, 0.3) is 32.9 Å². The number of fused-ring (bicyclic) bond motifs is 3. The average Bonchev–Trinajstić information content (AvgIpc) is 2.88. The molecule has 4 rings (SSSR count). The zero-order valence-electron chi connectivity index (χ0n) is 12.2. The summed E-state index contributed by atoms with van der Waals surface area (Å²) >= 11 is 0. The van der Waals surface area contributed by atoms with Crippen molar-refractivity contribution in [3.05, 3.63) is 72.3 Å². The van der Waals surface area contributed by atoms with Gasteiger partial charge in [-0.1, -0.05) is 42.5 Å². The van der Waals surface area contributed by atoms with Gasteiger partial charge in [0.2, 0.25) is 0 Å². The second-order valence-electron chi connectivity index (χ2n) is 5.47. The first-order valence-corrected chi connectivity index (χ1v) is 7.26. The summed E-state index contributed by atoms with van der Waals surface area (Å²) in [5, 5.41) is 11.8. The molecule has 0 unspecified atom stereocenters. The third kappa shape index (κ3) is 1.73. The quantitative estimate of drug-likeness (QED) is 0.489. The summed E-state index contributed by atoms with van der Waals surface area (Å²) in [7, 11) is 2.09. The fraction of sp³-hybridized carbons (Fsp3) is 0.0500. The molecular formula is C20H14N2. The minimum Gasteiger partial charge on any atom is -0.344 e. The molecule has 0 spiro atoms. The topological polar surface area (TPSA) is 28.7 Å². The minimum atomic E-state index is 0.710. The second kappa shape index (κ2) is 4.75. The normalized spacial score (nSPS) is 10.9. The Morgan fingerprint density at radius 2 is 1.55 bits per heavy atom. The number of nitriles is 1. The number of aromatic nitrogens is 1. The molecule has 0 aliphatic heterocycles. The van der Waals surface area contributed by atoms with Crippen LogP contribution in [0.3, 0.4) is 0 Å². The van der Waals surface area contributed by atoms with Crippen molar-refractivity contribution in [3.8, 4) is 17.2 Å². The van der Waals surface area contributed by atoms with Gasteiger partial charge in [0.1, 0.15) is 0 Å². The fourth-order valence-corrected chi connectivity index (χ4v) is 3.17. The third-order valence-corrected chi connectivity index (χ3v) is 4.27. The molecule has 2 heteroatoms. The standard InChI is InChI=1S/C20H14N2/c1-22-19-9-5-4-8-17(19)18-12-14(10-11-20(18)22)16-7-3-2-6-15(16)13-21/h2-12H,1H3. The third-order valence-electron chi connectivity index (χ3n) is 4.27. The largest absolute Gasteiger partial charge is 0.344 e. The molecule has 0 radical (unpaired) electrons. The number of nitrogens with zero attached hydrogens (tertiary/aromatic N) is 2. The molecule has 0 fully saturated rings. The zero-order valence-corrected chi connectivity index (χ0v) is 12.2. The maximum Gasteiger partial charge on any atom is 0.0998 e. The van der Waals surface area contributed by atoms with Crippen molar-refractivity contribution in [2.24, 2.45) is 7.05 Å². The fourth-order valence-electron chi connectivity index (χ4n) is 3.17. The van der Waals surface area contributed by atoms with Gasteiger partial charge in [0, 0.05) is 28.9 Å². The Kier molecular flexibility index (Phi) is 2.74. The molecule has 22 heavy (non-hydrogen) atoms. The number of aryl methyl sites for hydroxylation is 1. The van der Waals surface area contributed by atoms with E-state index in [9.17, 15) is 5.26 Å². The van der Waals surface area contributed by atoms with E-state index < -0.39 is 0 Å². The predicted octanol–water partition coefficient (Wildman–Crippen LogP) is 4.87. The minimum absolute atomic E-state index is 0.710. The van der Waals surface area contributed by atoms with Crippen LogP contribution in [-0.2, 0) is 7.05 Å². The summed E-state index contributed by atoms with van der Waals surface area (Å²) in [6, 6.07) is 24.9. The van der Waals surface area contributed by atoms with E-state index in [1.165, 1.54) is 21.8 Å². The van der Waals surface area contributed by atoms with Gasteiger partial charge in [0.15, 0.2) is 0 Å². The first-order valence-electron chi connectivity index (χ1n) is 7.26. The van der Waals surface area contributed by atoms with E-state index in [1.807, 2.05) is 24.3 Å². The average molecular weight is 282 g/mol. The molecule has 1 heterocycles. The van der Waals surface area contributed by atoms with E-state index in [-0.39, 0.29) is 0 Å². The molecule has 104 valence electrons. The van der Waals surface area contributed by atoms with Crippen LogP contribution in [0.5, 0.6) is 0 Å². The van der Waals surface area contributed by atoms with Crippen LogP contribution < -0.4 is 0 Å². The predicted molar refractivity (Wildman–Crippen MR) is 90.6 cm³/mol. The molecule has 4 aromatic rings. The molecule has 3 aromatic carbocycles. The summed E-state index contributed by atoms with van der Waals surface area (Å²) in [6.07, 6.45) is 0. The molecule has 1 aromatic heterocycles. The van der Waals surface area contributed by atoms with Crippen LogP contribution in [0, 0.1) is 11.3 Å². The maximum absolute atomic E-state index is 9.31. The van der Waals surface area contributed by atoms with E-state index in [2.05, 4.69) is 60.1 Å². The first kappa shape index (κ1) is 12.7. The highest BCUT2D eigenvalue weighted by molar-refractivity contribution is 6.09. The second-order valence-corrected chi connectivity index (χ2v) is 5.47. The molecule has 0 aliphatic carbocycles. The molecule has 0 atom stereocenters. The van der Waals surface area contributed by atoms with Gasteiger partial charge in [-0.05, 0) is 35.4 Å². The molecule has 2 nitrogen and oxygen atoms in total. The van der Waals surface area contributed by atoms with Crippen LogP contribution in [-0.4, -0.2) is 4.57 Å². The molecular weight excluding hydrogens is 268 g/mol. The van der Waals surface area contributed by atoms with Crippen molar-refractivity contribution in [2.75, 3.05) is 0 Å². The molecule has 0 aliphatic rings. The van der Waals surface area contributed by atoms with Gasteiger partial charge in [0.05, 0.1) is 11.6 Å². The molecule has 0 amide bonds. The van der Waals surface area contributed by atoms with Crippen molar-refractivity contribution in [3.63, 3.8) is 0 Å². The van der Waals surface area contributed by atoms with Crippen molar-refractivity contribution in [2.45, 2.75) is 0 Å². The van der Waals surface area contributed by atoms with E-state index >= 15 is 0 Å². The number of benzene rings is 3. The summed E-state index contributed by atoms with van der Waals surface area (Å²) in [5.41, 5.74) is 5.21. The monoisotopic (exact) mass is 282 g/mol. The number of hydrogen-bond acceptors (Lipinski definition) is 1. The Morgan fingerprint density at radius 3 is 2.41 bits per heavy atom. The van der Waals surface area contributed by atoms with Crippen LogP contribution in [0.4, 0.5) is 0 Å². The first-order chi connectivity index (χ1) is 10.8. The van der Waals surface area contributed by atoms with E-state index in [1.54, 1.807) is 0 Å². The highest BCUT2D eigenvalue weighted by Gasteiger charge is 2.10. The summed E-state index contributed by atoms with van der Waals surface area (Å²) in [5.74, 6) is 0. The summed E-state index contributed by atoms with van der Waals surface area (Å²) in [4.78, 5) is 0. The van der Waals surface area contributed by atoms with Crippen molar-refractivity contribution in [1.29, 1.82) is 5.26 Å². The van der Waals surface area contributed by atoms with Gasteiger partial charge in [-0.15, -0.1) is 0 Å². The van der Waals surface area contributed by atoms with E-state index in [0.29, 0.717) is 5.56 Å². The number of para-hydroxylation sites is 1. The highest BCUT2D eigenvalue weighted by Crippen LogP contribution is 2.32. The Balaban J connectivity index is 2.06.